The third kappa shape index (κ3) is 4.47. The van der Waals surface area contributed by atoms with Crippen LogP contribution < -0.4 is 10.1 Å². The number of rotatable bonds is 4. The van der Waals surface area contributed by atoms with Crippen LogP contribution in [-0.4, -0.2) is 38.0 Å². The molecule has 1 aromatic carbocycles. The summed E-state index contributed by atoms with van der Waals surface area (Å²) in [7, 11) is -2.98. The van der Waals surface area contributed by atoms with E-state index in [2.05, 4.69) is 5.32 Å². The Morgan fingerprint density at radius 3 is 2.35 bits per heavy atom. The van der Waals surface area contributed by atoms with E-state index in [0.29, 0.717) is 12.0 Å². The second kappa shape index (κ2) is 6.91. The molecule has 0 radical (unpaired) electrons. The monoisotopic (exact) mass is 337 g/mol. The number of hydrogen-bond acceptors (Lipinski definition) is 4. The van der Waals surface area contributed by atoms with Gasteiger partial charge in [-0.2, -0.15) is 0 Å². The van der Waals surface area contributed by atoms with Crippen LogP contribution in [0.25, 0.3) is 0 Å². The van der Waals surface area contributed by atoms with E-state index in [1.54, 1.807) is 12.1 Å². The molecular formula is C17H23NO4S. The molecule has 23 heavy (non-hydrogen) atoms. The highest BCUT2D eigenvalue weighted by Crippen LogP contribution is 2.23. The summed E-state index contributed by atoms with van der Waals surface area (Å²) in [5.74, 6) is 0.765. The maximum Gasteiger partial charge on any atom is 0.251 e. The third-order valence-electron chi connectivity index (χ3n) is 4.54. The lowest BCUT2D eigenvalue weighted by atomic mass is 9.98. The fourth-order valence-corrected chi connectivity index (χ4v) is 4.91. The lowest BCUT2D eigenvalue weighted by Crippen LogP contribution is -2.35. The largest absolute Gasteiger partial charge is 0.490 e. The van der Waals surface area contributed by atoms with Gasteiger partial charge in [-0.3, -0.25) is 4.79 Å². The number of sulfone groups is 1. The zero-order chi connectivity index (χ0) is 16.3. The van der Waals surface area contributed by atoms with Gasteiger partial charge in [0.25, 0.3) is 5.91 Å². The van der Waals surface area contributed by atoms with Gasteiger partial charge in [-0.05, 0) is 56.4 Å². The number of nitrogens with one attached hydrogen (secondary N) is 1. The highest BCUT2D eigenvalue weighted by Gasteiger charge is 2.29. The van der Waals surface area contributed by atoms with Gasteiger partial charge in [0.05, 0.1) is 17.6 Å². The number of benzene rings is 1. The predicted octanol–water partition coefficient (Wildman–Crippen LogP) is 2.31. The molecule has 1 unspecified atom stereocenters. The Morgan fingerprint density at radius 1 is 1.04 bits per heavy atom. The van der Waals surface area contributed by atoms with E-state index in [4.69, 9.17) is 4.74 Å². The molecule has 1 saturated carbocycles. The normalized spacial score (nSPS) is 24.3. The average Bonchev–Trinajstić information content (AvgIpc) is 2.88. The lowest BCUT2D eigenvalue weighted by Gasteiger charge is -2.23. The zero-order valence-electron chi connectivity index (χ0n) is 13.2. The van der Waals surface area contributed by atoms with Gasteiger partial charge in [0.1, 0.15) is 5.75 Å². The minimum absolute atomic E-state index is 0.0433. The zero-order valence-corrected chi connectivity index (χ0v) is 14.0. The van der Waals surface area contributed by atoms with Gasteiger partial charge < -0.3 is 10.1 Å². The van der Waals surface area contributed by atoms with Crippen LogP contribution in [0.5, 0.6) is 5.75 Å². The summed E-state index contributed by atoms with van der Waals surface area (Å²) in [6, 6.07) is 6.82. The second-order valence-corrected chi connectivity index (χ2v) is 8.70. The minimum atomic E-state index is -2.98. The van der Waals surface area contributed by atoms with E-state index >= 15 is 0 Å². The quantitative estimate of drug-likeness (QED) is 0.915. The first-order chi connectivity index (χ1) is 11.0. The van der Waals surface area contributed by atoms with E-state index in [0.717, 1.165) is 18.6 Å². The Hall–Kier alpha value is -1.56. The number of carbonyl (C=O) groups is 1. The van der Waals surface area contributed by atoms with Crippen molar-refractivity contribution < 1.29 is 17.9 Å². The van der Waals surface area contributed by atoms with Crippen LogP contribution in [0.3, 0.4) is 0 Å². The first-order valence-electron chi connectivity index (χ1n) is 8.30. The van der Waals surface area contributed by atoms with Crippen LogP contribution in [0.15, 0.2) is 24.3 Å². The standard InChI is InChI=1S/C17H23NO4S/c19-17(18-14-10-11-23(20,21)12-14)13-6-8-16(9-7-13)22-15-4-2-1-3-5-15/h6-9,14-15H,1-5,10-12H2,(H,18,19). The maximum absolute atomic E-state index is 12.2. The van der Waals surface area contributed by atoms with Crippen LogP contribution in [-0.2, 0) is 9.84 Å². The predicted molar refractivity (Wildman–Crippen MR) is 88.5 cm³/mol. The molecule has 1 aromatic rings. The molecule has 126 valence electrons. The van der Waals surface area contributed by atoms with Crippen molar-refractivity contribution in [1.82, 2.24) is 5.32 Å². The van der Waals surface area contributed by atoms with Crippen molar-refractivity contribution in [2.24, 2.45) is 0 Å². The molecule has 1 atom stereocenters. The number of ether oxygens (including phenoxy) is 1. The van der Waals surface area contributed by atoms with Crippen LogP contribution in [0.4, 0.5) is 0 Å². The average molecular weight is 337 g/mol. The molecule has 2 aliphatic rings. The molecule has 0 spiro atoms. The molecule has 5 nitrogen and oxygen atoms in total. The summed E-state index contributed by atoms with van der Waals surface area (Å²) >= 11 is 0. The molecule has 0 bridgehead atoms. The molecule has 0 aromatic heterocycles. The van der Waals surface area contributed by atoms with Gasteiger partial charge in [-0.25, -0.2) is 8.42 Å². The lowest BCUT2D eigenvalue weighted by molar-refractivity contribution is 0.0941. The summed E-state index contributed by atoms with van der Waals surface area (Å²) < 4.78 is 28.8. The Bertz CT molecular complexity index is 648. The first kappa shape index (κ1) is 16.3. The van der Waals surface area contributed by atoms with Crippen molar-refractivity contribution in [2.75, 3.05) is 11.5 Å². The fraction of sp³-hybridized carbons (Fsp3) is 0.588. The Kier molecular flexibility index (Phi) is 4.90. The topological polar surface area (TPSA) is 72.5 Å². The molecule has 6 heteroatoms. The summed E-state index contributed by atoms with van der Waals surface area (Å²) in [6.45, 7) is 0. The molecule has 1 amide bonds. The highest BCUT2D eigenvalue weighted by molar-refractivity contribution is 7.91. The molecule has 1 saturated heterocycles. The van der Waals surface area contributed by atoms with E-state index < -0.39 is 9.84 Å². The van der Waals surface area contributed by atoms with Crippen LogP contribution >= 0.6 is 0 Å². The smallest absolute Gasteiger partial charge is 0.251 e. The summed E-state index contributed by atoms with van der Waals surface area (Å²) in [4.78, 5) is 12.2. The van der Waals surface area contributed by atoms with E-state index in [1.165, 1.54) is 19.3 Å². The van der Waals surface area contributed by atoms with Crippen molar-refractivity contribution in [2.45, 2.75) is 50.7 Å². The van der Waals surface area contributed by atoms with Gasteiger partial charge in [-0.15, -0.1) is 0 Å². The minimum Gasteiger partial charge on any atom is -0.490 e. The molecule has 1 heterocycles. The van der Waals surface area contributed by atoms with Crippen LogP contribution in [0.1, 0.15) is 48.9 Å². The molecule has 3 rings (SSSR count). The summed E-state index contributed by atoms with van der Waals surface area (Å²) in [5.41, 5.74) is 0.533. The van der Waals surface area contributed by atoms with Crippen molar-refractivity contribution in [1.29, 1.82) is 0 Å². The second-order valence-electron chi connectivity index (χ2n) is 6.48. The third-order valence-corrected chi connectivity index (χ3v) is 6.31. The van der Waals surface area contributed by atoms with Crippen LogP contribution in [0.2, 0.25) is 0 Å². The fourth-order valence-electron chi connectivity index (χ4n) is 3.24. The molecule has 1 aliphatic heterocycles. The van der Waals surface area contributed by atoms with Gasteiger partial charge in [0, 0.05) is 11.6 Å². The SMILES string of the molecule is O=C(NC1CCS(=O)(=O)C1)c1ccc(OC2CCCCC2)cc1. The van der Waals surface area contributed by atoms with Gasteiger partial charge in [0.15, 0.2) is 9.84 Å². The molecule has 1 N–H and O–H groups in total. The maximum atomic E-state index is 12.2. The van der Waals surface area contributed by atoms with Gasteiger partial charge >= 0.3 is 0 Å². The Labute approximate surface area is 137 Å². The van der Waals surface area contributed by atoms with Crippen molar-refractivity contribution >= 4 is 15.7 Å². The summed E-state index contributed by atoms with van der Waals surface area (Å²) in [5, 5.41) is 2.79. The van der Waals surface area contributed by atoms with E-state index in [-0.39, 0.29) is 29.6 Å². The van der Waals surface area contributed by atoms with E-state index in [9.17, 15) is 13.2 Å². The van der Waals surface area contributed by atoms with Crippen molar-refractivity contribution in [3.05, 3.63) is 29.8 Å². The van der Waals surface area contributed by atoms with Crippen LogP contribution in [0, 0.1) is 0 Å². The highest BCUT2D eigenvalue weighted by atomic mass is 32.2. The Morgan fingerprint density at radius 2 is 1.74 bits per heavy atom. The number of carbonyl (C=O) groups excluding carboxylic acids is 1. The Balaban J connectivity index is 1.55. The van der Waals surface area contributed by atoms with E-state index in [1.807, 2.05) is 12.1 Å². The van der Waals surface area contributed by atoms with Gasteiger partial charge in [-0.1, -0.05) is 6.42 Å². The molecule has 2 fully saturated rings. The number of hydrogen-bond donors (Lipinski definition) is 1. The van der Waals surface area contributed by atoms with Gasteiger partial charge in [0.2, 0.25) is 0 Å². The van der Waals surface area contributed by atoms with Crippen molar-refractivity contribution in [3.8, 4) is 5.75 Å². The first-order valence-corrected chi connectivity index (χ1v) is 10.1. The number of amides is 1. The molecule has 1 aliphatic carbocycles. The molecular weight excluding hydrogens is 314 g/mol. The summed E-state index contributed by atoms with van der Waals surface area (Å²) in [6.07, 6.45) is 6.70. The van der Waals surface area contributed by atoms with Crippen molar-refractivity contribution in [3.63, 3.8) is 0 Å².